The predicted molar refractivity (Wildman–Crippen MR) is 121 cm³/mol. The molecule has 0 fully saturated rings. The van der Waals surface area contributed by atoms with Gasteiger partial charge in [-0.25, -0.2) is 0 Å². The Bertz CT molecular complexity index is 900. The van der Waals surface area contributed by atoms with Gasteiger partial charge in [-0.1, -0.05) is 49.4 Å². The van der Waals surface area contributed by atoms with Gasteiger partial charge in [0, 0.05) is 29.8 Å². The Labute approximate surface area is 177 Å². The van der Waals surface area contributed by atoms with Gasteiger partial charge < -0.3 is 10.6 Å². The van der Waals surface area contributed by atoms with Crippen molar-refractivity contribution in [1.29, 1.82) is 0 Å². The van der Waals surface area contributed by atoms with E-state index in [1.54, 1.807) is 43.3 Å². The van der Waals surface area contributed by atoms with Crippen LogP contribution in [0.4, 0.5) is 5.69 Å². The molecular weight excluding hydrogens is 376 g/mol. The number of hydrogen-bond donors (Lipinski definition) is 2. The lowest BCUT2D eigenvalue weighted by molar-refractivity contribution is -0.118. The van der Waals surface area contributed by atoms with E-state index in [1.807, 2.05) is 30.3 Å². The topological polar surface area (TPSA) is 75.3 Å². The first-order valence-corrected chi connectivity index (χ1v) is 10.1. The molecule has 2 N–H and O–H groups in total. The van der Waals surface area contributed by atoms with Gasteiger partial charge >= 0.3 is 0 Å². The Hall–Kier alpha value is -3.47. The van der Waals surface area contributed by atoms with Gasteiger partial charge in [-0.15, -0.1) is 0 Å². The maximum absolute atomic E-state index is 12.3. The summed E-state index contributed by atoms with van der Waals surface area (Å²) in [6.07, 6.45) is 6.15. The van der Waals surface area contributed by atoms with Crippen LogP contribution in [0.25, 0.3) is 6.08 Å². The van der Waals surface area contributed by atoms with Crippen LogP contribution >= 0.6 is 0 Å². The molecule has 5 nitrogen and oxygen atoms in total. The van der Waals surface area contributed by atoms with E-state index in [0.29, 0.717) is 29.8 Å². The Morgan fingerprint density at radius 2 is 1.63 bits per heavy atom. The second kappa shape index (κ2) is 12.2. The Morgan fingerprint density at radius 1 is 0.933 bits per heavy atom. The van der Waals surface area contributed by atoms with Crippen LogP contribution < -0.4 is 10.6 Å². The summed E-state index contributed by atoms with van der Waals surface area (Å²) in [6, 6.07) is 16.5. The third-order valence-corrected chi connectivity index (χ3v) is 4.43. The number of nitrogens with one attached hydrogen (secondary N) is 2. The summed E-state index contributed by atoms with van der Waals surface area (Å²) in [5, 5.41) is 5.61. The largest absolute Gasteiger partial charge is 0.352 e. The fourth-order valence-electron chi connectivity index (χ4n) is 2.71. The van der Waals surface area contributed by atoms with Crippen molar-refractivity contribution >= 4 is 29.4 Å². The maximum atomic E-state index is 12.3. The number of rotatable bonds is 11. The summed E-state index contributed by atoms with van der Waals surface area (Å²) < 4.78 is 0. The highest BCUT2D eigenvalue weighted by atomic mass is 16.2. The number of allylic oxidation sites excluding steroid dienone is 1. The third kappa shape index (κ3) is 8.27. The second-order valence-electron chi connectivity index (χ2n) is 7.08. The number of ketones is 1. The van der Waals surface area contributed by atoms with Gasteiger partial charge in [0.1, 0.15) is 0 Å². The molecule has 0 aliphatic carbocycles. The third-order valence-electron chi connectivity index (χ3n) is 4.43. The predicted octanol–water partition coefficient (Wildman–Crippen LogP) is 4.77. The van der Waals surface area contributed by atoms with Gasteiger partial charge in [-0.05, 0) is 55.7 Å². The van der Waals surface area contributed by atoms with Crippen molar-refractivity contribution < 1.29 is 14.4 Å². The summed E-state index contributed by atoms with van der Waals surface area (Å²) in [6.45, 7) is 5.84. The molecule has 0 unspecified atom stereocenters. The number of carbonyl (C=O) groups excluding carboxylic acids is 3. The fraction of sp³-hybridized carbons (Fsp3) is 0.240. The Morgan fingerprint density at radius 3 is 2.30 bits per heavy atom. The van der Waals surface area contributed by atoms with E-state index >= 15 is 0 Å². The molecule has 2 aromatic carbocycles. The normalized spacial score (nSPS) is 10.6. The van der Waals surface area contributed by atoms with E-state index in [4.69, 9.17) is 0 Å². The quantitative estimate of drug-likeness (QED) is 0.322. The van der Waals surface area contributed by atoms with Crippen LogP contribution in [0.3, 0.4) is 0 Å². The molecule has 0 saturated carbocycles. The lowest BCUT2D eigenvalue weighted by Gasteiger charge is -2.07. The molecule has 2 amide bonds. The molecule has 0 aromatic heterocycles. The first kappa shape index (κ1) is 22.8. The van der Waals surface area contributed by atoms with Crippen LogP contribution in [0.5, 0.6) is 0 Å². The minimum Gasteiger partial charge on any atom is -0.352 e. The van der Waals surface area contributed by atoms with Gasteiger partial charge in [-0.2, -0.15) is 0 Å². The van der Waals surface area contributed by atoms with Crippen LogP contribution in [-0.4, -0.2) is 24.1 Å². The average molecular weight is 405 g/mol. The number of unbranched alkanes of at least 4 members (excludes halogenated alkanes) is 2. The van der Waals surface area contributed by atoms with Crippen molar-refractivity contribution in [3.8, 4) is 0 Å². The zero-order valence-electron chi connectivity index (χ0n) is 17.3. The number of anilines is 1. The highest BCUT2D eigenvalue weighted by Crippen LogP contribution is 2.12. The molecule has 0 atom stereocenters. The number of carbonyl (C=O) groups is 3. The van der Waals surface area contributed by atoms with Gasteiger partial charge in [-0.3, -0.25) is 14.4 Å². The van der Waals surface area contributed by atoms with Gasteiger partial charge in [0.15, 0.2) is 5.78 Å². The summed E-state index contributed by atoms with van der Waals surface area (Å²) in [5.41, 5.74) is 2.69. The van der Waals surface area contributed by atoms with E-state index in [0.717, 1.165) is 24.8 Å². The van der Waals surface area contributed by atoms with Crippen LogP contribution in [0.2, 0.25) is 0 Å². The van der Waals surface area contributed by atoms with Crippen LogP contribution in [0.15, 0.2) is 72.8 Å². The molecule has 156 valence electrons. The lowest BCUT2D eigenvalue weighted by Crippen LogP contribution is -2.24. The summed E-state index contributed by atoms with van der Waals surface area (Å²) in [5.74, 6) is -0.287. The van der Waals surface area contributed by atoms with E-state index in [9.17, 15) is 14.4 Å². The molecule has 0 saturated heterocycles. The van der Waals surface area contributed by atoms with Crippen LogP contribution in [-0.2, 0) is 9.59 Å². The van der Waals surface area contributed by atoms with Gasteiger partial charge in [0.25, 0.3) is 0 Å². The zero-order chi connectivity index (χ0) is 21.8. The highest BCUT2D eigenvalue weighted by molar-refractivity contribution is 6.07. The second-order valence-corrected chi connectivity index (χ2v) is 7.08. The smallest absolute Gasteiger partial charge is 0.246 e. The van der Waals surface area contributed by atoms with Crippen molar-refractivity contribution in [3.63, 3.8) is 0 Å². The molecule has 5 heteroatoms. The molecule has 0 spiro atoms. The SMILES string of the molecule is C=C(C)C(=O)NCCCCCC(=O)Nc1ccc(C(=O)/C=C/c2ccccc2)cc1. The monoisotopic (exact) mass is 404 g/mol. The minimum atomic E-state index is -0.134. The summed E-state index contributed by atoms with van der Waals surface area (Å²) in [7, 11) is 0. The van der Waals surface area contributed by atoms with Crippen molar-refractivity contribution in [3.05, 3.63) is 84.0 Å². The highest BCUT2D eigenvalue weighted by Gasteiger charge is 2.05. The van der Waals surface area contributed by atoms with Gasteiger partial charge in [0.2, 0.25) is 11.8 Å². The van der Waals surface area contributed by atoms with Crippen molar-refractivity contribution in [2.24, 2.45) is 0 Å². The average Bonchev–Trinajstić information content (AvgIpc) is 2.75. The molecule has 0 aliphatic rings. The fourth-order valence-corrected chi connectivity index (χ4v) is 2.71. The first-order chi connectivity index (χ1) is 14.5. The number of benzene rings is 2. The van der Waals surface area contributed by atoms with Crippen LogP contribution in [0, 0.1) is 0 Å². The summed E-state index contributed by atoms with van der Waals surface area (Å²) >= 11 is 0. The van der Waals surface area contributed by atoms with Crippen molar-refractivity contribution in [2.45, 2.75) is 32.6 Å². The standard InChI is InChI=1S/C25H28N2O3/c1-19(2)25(30)26-18-8-4-7-11-24(29)27-22-15-13-21(14-16-22)23(28)17-12-20-9-5-3-6-10-20/h3,5-6,9-10,12-17H,1,4,7-8,11,18H2,2H3,(H,26,30)(H,27,29)/b17-12+. The lowest BCUT2D eigenvalue weighted by atomic mass is 10.1. The van der Waals surface area contributed by atoms with Crippen LogP contribution in [0.1, 0.15) is 48.5 Å². The van der Waals surface area contributed by atoms with Crippen molar-refractivity contribution in [2.75, 3.05) is 11.9 Å². The molecule has 0 heterocycles. The number of hydrogen-bond acceptors (Lipinski definition) is 3. The van der Waals surface area contributed by atoms with Gasteiger partial charge in [0.05, 0.1) is 0 Å². The molecule has 2 rings (SSSR count). The molecule has 0 bridgehead atoms. The van der Waals surface area contributed by atoms with E-state index in [1.165, 1.54) is 0 Å². The molecule has 2 aromatic rings. The molecule has 30 heavy (non-hydrogen) atoms. The first-order valence-electron chi connectivity index (χ1n) is 10.1. The minimum absolute atomic E-state index is 0.0657. The maximum Gasteiger partial charge on any atom is 0.246 e. The summed E-state index contributed by atoms with van der Waals surface area (Å²) in [4.78, 5) is 35.7. The van der Waals surface area contributed by atoms with Crippen molar-refractivity contribution in [1.82, 2.24) is 5.32 Å². The van der Waals surface area contributed by atoms with E-state index in [2.05, 4.69) is 17.2 Å². The van der Waals surface area contributed by atoms with E-state index in [-0.39, 0.29) is 17.6 Å². The molecule has 0 radical (unpaired) electrons. The molecular formula is C25H28N2O3. The number of amides is 2. The molecule has 0 aliphatic heterocycles. The van der Waals surface area contributed by atoms with E-state index < -0.39 is 0 Å². The zero-order valence-corrected chi connectivity index (χ0v) is 17.3. The Kier molecular flexibility index (Phi) is 9.25. The Balaban J connectivity index is 1.70.